The number of nitrogens with one attached hydrogen (secondary N) is 3. The molecule has 0 unspecified atom stereocenters. The molecule has 3 aromatic rings. The molecule has 1 aliphatic carbocycles. The largest absolute Gasteiger partial charge is 0.370 e. The molecule has 0 atom stereocenters. The number of likely N-dealkylation sites (N-methyl/N-ethyl adjacent to an activating group) is 1. The number of anilines is 6. The van der Waals surface area contributed by atoms with E-state index in [1.165, 1.54) is 17.4 Å². The Morgan fingerprint density at radius 3 is 2.54 bits per heavy atom. The summed E-state index contributed by atoms with van der Waals surface area (Å²) in [5.74, 6) is 0.755. The molecule has 11 heteroatoms. The van der Waals surface area contributed by atoms with Crippen molar-refractivity contribution in [2.45, 2.75) is 31.4 Å². The first kappa shape index (κ1) is 25.6. The minimum atomic E-state index is -3.41. The van der Waals surface area contributed by atoms with Crippen molar-refractivity contribution >= 4 is 56.1 Å². The summed E-state index contributed by atoms with van der Waals surface area (Å²) in [6.45, 7) is 6.35. The van der Waals surface area contributed by atoms with Crippen molar-refractivity contribution in [2.24, 2.45) is 0 Å². The maximum absolute atomic E-state index is 12.5. The third-order valence-corrected chi connectivity index (χ3v) is 8.78. The predicted molar refractivity (Wildman–Crippen MR) is 151 cm³/mol. The number of nitrogens with zero attached hydrogens (tertiary/aromatic N) is 4. The van der Waals surface area contributed by atoms with Crippen LogP contribution in [0.4, 0.5) is 34.5 Å². The molecule has 2 fully saturated rings. The Bertz CT molecular complexity index is 1380. The molecule has 9 nitrogen and oxygen atoms in total. The van der Waals surface area contributed by atoms with Crippen LogP contribution < -0.4 is 20.3 Å². The molecule has 1 saturated heterocycles. The van der Waals surface area contributed by atoms with Gasteiger partial charge in [-0.15, -0.1) is 0 Å². The van der Waals surface area contributed by atoms with E-state index in [-0.39, 0.29) is 5.25 Å². The molecule has 2 heterocycles. The fraction of sp³-hybridized carbons (Fsp3) is 0.385. The molecule has 3 N–H and O–H groups in total. The number of halogens is 1. The van der Waals surface area contributed by atoms with Crippen molar-refractivity contribution in [3.8, 4) is 0 Å². The molecule has 2 aromatic carbocycles. The predicted octanol–water partition coefficient (Wildman–Crippen LogP) is 4.97. The van der Waals surface area contributed by atoms with Gasteiger partial charge in [-0.1, -0.05) is 23.7 Å². The highest BCUT2D eigenvalue weighted by Gasteiger charge is 2.36. The smallest absolute Gasteiger partial charge is 0.235 e. The van der Waals surface area contributed by atoms with Gasteiger partial charge in [-0.05, 0) is 75.7 Å². The lowest BCUT2D eigenvalue weighted by molar-refractivity contribution is 0.360. The monoisotopic (exact) mass is 541 g/mol. The number of hydrogen-bond acceptors (Lipinski definition) is 8. The van der Waals surface area contributed by atoms with Gasteiger partial charge in [0.15, 0.2) is 5.82 Å². The molecule has 2 aliphatic rings. The van der Waals surface area contributed by atoms with Gasteiger partial charge in [0.05, 0.1) is 22.8 Å². The van der Waals surface area contributed by atoms with Crippen LogP contribution in [0.1, 0.15) is 24.8 Å². The van der Waals surface area contributed by atoms with Gasteiger partial charge in [0.1, 0.15) is 5.02 Å². The minimum Gasteiger partial charge on any atom is -0.370 e. The summed E-state index contributed by atoms with van der Waals surface area (Å²) in [6, 6.07) is 13.3. The van der Waals surface area contributed by atoms with Crippen LogP contribution in [0, 0.1) is 6.92 Å². The van der Waals surface area contributed by atoms with Crippen molar-refractivity contribution in [1.29, 1.82) is 0 Å². The maximum Gasteiger partial charge on any atom is 0.235 e. The molecule has 196 valence electrons. The Labute approximate surface area is 223 Å². The maximum atomic E-state index is 12.5. The lowest BCUT2D eigenvalue weighted by Crippen LogP contribution is -2.29. The second-order valence-electron chi connectivity index (χ2n) is 9.68. The first-order valence-electron chi connectivity index (χ1n) is 12.5. The number of hydrogen-bond donors (Lipinski definition) is 3. The van der Waals surface area contributed by atoms with Crippen molar-refractivity contribution in [1.82, 2.24) is 14.9 Å². The third kappa shape index (κ3) is 6.26. The average molecular weight is 542 g/mol. The van der Waals surface area contributed by atoms with Crippen molar-refractivity contribution < 1.29 is 8.42 Å². The highest BCUT2D eigenvalue weighted by atomic mass is 35.5. The molecule has 0 amide bonds. The van der Waals surface area contributed by atoms with E-state index in [1.54, 1.807) is 18.2 Å². The van der Waals surface area contributed by atoms with Crippen LogP contribution in [0.15, 0.2) is 48.7 Å². The molecular weight excluding hydrogens is 510 g/mol. The average Bonchev–Trinajstić information content (AvgIpc) is 3.72. The van der Waals surface area contributed by atoms with Crippen molar-refractivity contribution in [3.05, 3.63) is 59.2 Å². The quantitative estimate of drug-likeness (QED) is 0.367. The van der Waals surface area contributed by atoms with Gasteiger partial charge in [-0.2, -0.15) is 4.98 Å². The zero-order valence-electron chi connectivity index (χ0n) is 21.0. The summed E-state index contributed by atoms with van der Waals surface area (Å²) in [4.78, 5) is 13.7. The van der Waals surface area contributed by atoms with Crippen LogP contribution in [-0.2, 0) is 10.0 Å². The first-order chi connectivity index (χ1) is 17.8. The number of rotatable bonds is 8. The first-order valence-corrected chi connectivity index (χ1v) is 14.4. The minimum absolute atomic E-state index is 0.322. The molecule has 0 bridgehead atoms. The molecule has 0 radical (unpaired) electrons. The number of benzene rings is 2. The van der Waals surface area contributed by atoms with Crippen molar-refractivity contribution in [3.63, 3.8) is 0 Å². The highest BCUT2D eigenvalue weighted by molar-refractivity contribution is 7.93. The lowest BCUT2D eigenvalue weighted by atomic mass is 10.1. The Morgan fingerprint density at radius 1 is 1.00 bits per heavy atom. The molecule has 1 saturated carbocycles. The zero-order valence-corrected chi connectivity index (χ0v) is 22.6. The number of aromatic nitrogens is 2. The van der Waals surface area contributed by atoms with Crippen LogP contribution in [-0.4, -0.2) is 61.8 Å². The SMILES string of the molecule is Cc1cc(Nc2ncc(Cl)c(Nc3ccccc3NS(=O)(=O)C3CC3)n2)ccc1N1CCCN(C)CC1. The fourth-order valence-electron chi connectivity index (χ4n) is 4.44. The Kier molecular flexibility index (Phi) is 7.41. The van der Waals surface area contributed by atoms with E-state index in [1.807, 2.05) is 12.1 Å². The summed E-state index contributed by atoms with van der Waals surface area (Å²) in [5.41, 5.74) is 4.30. The summed E-state index contributed by atoms with van der Waals surface area (Å²) in [6.07, 6.45) is 4.04. The molecule has 37 heavy (non-hydrogen) atoms. The van der Waals surface area contributed by atoms with Crippen molar-refractivity contribution in [2.75, 3.05) is 53.5 Å². The van der Waals surface area contributed by atoms with Crippen LogP contribution in [0.2, 0.25) is 5.02 Å². The molecule has 1 aliphatic heterocycles. The molecule has 5 rings (SSSR count). The van der Waals surface area contributed by atoms with Gasteiger partial charge in [0, 0.05) is 31.0 Å². The normalized spacial score (nSPS) is 16.8. The van der Waals surface area contributed by atoms with Crippen LogP contribution in [0.3, 0.4) is 0 Å². The number of sulfonamides is 1. The Hall–Kier alpha value is -3.08. The van der Waals surface area contributed by atoms with Gasteiger partial charge in [0.25, 0.3) is 0 Å². The van der Waals surface area contributed by atoms with E-state index in [4.69, 9.17) is 11.6 Å². The van der Waals surface area contributed by atoms with Gasteiger partial charge in [0.2, 0.25) is 16.0 Å². The van der Waals surface area contributed by atoms with Crippen LogP contribution in [0.5, 0.6) is 0 Å². The topological polar surface area (TPSA) is 102 Å². The van der Waals surface area contributed by atoms with Gasteiger partial charge < -0.3 is 20.4 Å². The van der Waals surface area contributed by atoms with Crippen LogP contribution in [0.25, 0.3) is 0 Å². The lowest BCUT2D eigenvalue weighted by Gasteiger charge is -2.25. The zero-order chi connectivity index (χ0) is 26.0. The van der Waals surface area contributed by atoms with E-state index < -0.39 is 10.0 Å². The number of para-hydroxylation sites is 2. The van der Waals surface area contributed by atoms with E-state index in [0.717, 1.165) is 38.3 Å². The molecule has 1 aromatic heterocycles. The van der Waals surface area contributed by atoms with Gasteiger partial charge in [-0.3, -0.25) is 4.72 Å². The fourth-order valence-corrected chi connectivity index (χ4v) is 5.99. The summed E-state index contributed by atoms with van der Waals surface area (Å²) in [7, 11) is -1.24. The van der Waals surface area contributed by atoms with Crippen LogP contribution >= 0.6 is 11.6 Å². The van der Waals surface area contributed by atoms with Gasteiger partial charge >= 0.3 is 0 Å². The second-order valence-corrected chi connectivity index (χ2v) is 12.0. The summed E-state index contributed by atoms with van der Waals surface area (Å²) in [5, 5.41) is 6.42. The second kappa shape index (κ2) is 10.7. The number of aryl methyl sites for hydroxylation is 1. The van der Waals surface area contributed by atoms with E-state index in [2.05, 4.69) is 61.2 Å². The van der Waals surface area contributed by atoms with E-state index >= 15 is 0 Å². The van der Waals surface area contributed by atoms with Gasteiger partial charge in [-0.25, -0.2) is 13.4 Å². The highest BCUT2D eigenvalue weighted by Crippen LogP contribution is 2.34. The Balaban J connectivity index is 1.32. The third-order valence-electron chi connectivity index (χ3n) is 6.65. The van der Waals surface area contributed by atoms with E-state index in [0.29, 0.717) is 41.0 Å². The Morgan fingerprint density at radius 2 is 1.78 bits per heavy atom. The standard InChI is InChI=1S/C26H32ClN7O2S/c1-18-16-19(8-11-24(18)34-13-5-12-33(2)14-15-34)29-26-28-17-21(27)25(31-26)30-22-6-3-4-7-23(22)32-37(35,36)20-9-10-20/h3-4,6-8,11,16-17,20,32H,5,9-10,12-15H2,1-2H3,(H2,28,29,30,31). The summed E-state index contributed by atoms with van der Waals surface area (Å²) < 4.78 is 27.6. The summed E-state index contributed by atoms with van der Waals surface area (Å²) >= 11 is 6.39. The molecular formula is C26H32ClN7O2S. The van der Waals surface area contributed by atoms with E-state index in [9.17, 15) is 8.42 Å². The molecule has 0 spiro atoms.